The van der Waals surface area contributed by atoms with Crippen LogP contribution in [0, 0.1) is 5.82 Å². The summed E-state index contributed by atoms with van der Waals surface area (Å²) in [5.74, 6) is -0.282. The van der Waals surface area contributed by atoms with Gasteiger partial charge in [0, 0.05) is 24.8 Å². The first-order chi connectivity index (χ1) is 8.69. The van der Waals surface area contributed by atoms with Crippen LogP contribution in [0.2, 0.25) is 5.02 Å². The van der Waals surface area contributed by atoms with Crippen LogP contribution < -0.4 is 5.32 Å². The van der Waals surface area contributed by atoms with Crippen LogP contribution in [0.1, 0.15) is 18.0 Å². The maximum absolute atomic E-state index is 13.2. The largest absolute Gasteiger partial charge is 0.382 e. The molecule has 18 heavy (non-hydrogen) atoms. The Morgan fingerprint density at radius 3 is 2.78 bits per heavy atom. The standard InChI is InChI=1S/C13H19ClFNO2/c1-16-13(5-6-18-8-7-17-2)11-9-10(15)3-4-12(11)14/h3-4,9,13,16H,5-8H2,1-2H3. The van der Waals surface area contributed by atoms with E-state index in [9.17, 15) is 4.39 Å². The average Bonchev–Trinajstić information content (AvgIpc) is 2.37. The van der Waals surface area contributed by atoms with Crippen molar-refractivity contribution in [2.24, 2.45) is 0 Å². The van der Waals surface area contributed by atoms with Crippen LogP contribution >= 0.6 is 11.6 Å². The highest BCUT2D eigenvalue weighted by molar-refractivity contribution is 6.31. The molecule has 0 saturated heterocycles. The third-order valence-corrected chi connectivity index (χ3v) is 3.01. The molecule has 0 aliphatic carbocycles. The lowest BCUT2D eigenvalue weighted by Crippen LogP contribution is -2.19. The second kappa shape index (κ2) is 8.43. The van der Waals surface area contributed by atoms with Crippen LogP contribution in [0.3, 0.4) is 0 Å². The zero-order valence-electron chi connectivity index (χ0n) is 10.7. The number of hydrogen-bond acceptors (Lipinski definition) is 3. The summed E-state index contributed by atoms with van der Waals surface area (Å²) in [5.41, 5.74) is 0.759. The van der Waals surface area contributed by atoms with E-state index in [1.165, 1.54) is 12.1 Å². The van der Waals surface area contributed by atoms with Crippen LogP contribution in [-0.4, -0.2) is 34.0 Å². The molecular formula is C13H19ClFNO2. The Balaban J connectivity index is 2.52. The van der Waals surface area contributed by atoms with Crippen molar-refractivity contribution in [3.8, 4) is 0 Å². The number of ether oxygens (including phenoxy) is 2. The van der Waals surface area contributed by atoms with Gasteiger partial charge in [0.1, 0.15) is 5.82 Å². The minimum Gasteiger partial charge on any atom is -0.382 e. The van der Waals surface area contributed by atoms with Crippen LogP contribution in [0.5, 0.6) is 0 Å². The van der Waals surface area contributed by atoms with Gasteiger partial charge in [-0.25, -0.2) is 4.39 Å². The lowest BCUT2D eigenvalue weighted by molar-refractivity contribution is 0.0660. The van der Waals surface area contributed by atoms with Crippen molar-refractivity contribution >= 4 is 11.6 Å². The zero-order valence-corrected chi connectivity index (χ0v) is 11.5. The Labute approximate surface area is 112 Å². The van der Waals surface area contributed by atoms with Crippen molar-refractivity contribution in [3.63, 3.8) is 0 Å². The molecule has 1 unspecified atom stereocenters. The van der Waals surface area contributed by atoms with Gasteiger partial charge in [-0.1, -0.05) is 11.6 Å². The van der Waals surface area contributed by atoms with Crippen LogP contribution in [0.4, 0.5) is 4.39 Å². The van der Waals surface area contributed by atoms with E-state index in [-0.39, 0.29) is 11.9 Å². The molecule has 0 radical (unpaired) electrons. The fraction of sp³-hybridized carbons (Fsp3) is 0.538. The molecule has 5 heteroatoms. The molecule has 0 aliphatic heterocycles. The Morgan fingerprint density at radius 2 is 2.11 bits per heavy atom. The van der Waals surface area contributed by atoms with E-state index >= 15 is 0 Å². The van der Waals surface area contributed by atoms with Crippen molar-refractivity contribution in [2.75, 3.05) is 34.0 Å². The highest BCUT2D eigenvalue weighted by Crippen LogP contribution is 2.25. The summed E-state index contributed by atoms with van der Waals surface area (Å²) in [6, 6.07) is 4.37. The smallest absolute Gasteiger partial charge is 0.123 e. The molecule has 1 aromatic rings. The van der Waals surface area contributed by atoms with Crippen LogP contribution in [0.25, 0.3) is 0 Å². The van der Waals surface area contributed by atoms with Crippen molar-refractivity contribution < 1.29 is 13.9 Å². The van der Waals surface area contributed by atoms with Gasteiger partial charge in [-0.2, -0.15) is 0 Å². The number of rotatable bonds is 8. The second-order valence-corrected chi connectivity index (χ2v) is 4.31. The summed E-state index contributed by atoms with van der Waals surface area (Å²) < 4.78 is 23.5. The van der Waals surface area contributed by atoms with Gasteiger partial charge in [0.25, 0.3) is 0 Å². The fourth-order valence-corrected chi connectivity index (χ4v) is 1.93. The topological polar surface area (TPSA) is 30.5 Å². The molecule has 0 bridgehead atoms. The lowest BCUT2D eigenvalue weighted by Gasteiger charge is -2.18. The number of methoxy groups -OCH3 is 1. The normalized spacial score (nSPS) is 12.7. The highest BCUT2D eigenvalue weighted by atomic mass is 35.5. The number of benzene rings is 1. The van der Waals surface area contributed by atoms with Gasteiger partial charge in [-0.15, -0.1) is 0 Å². The Hall–Kier alpha value is -0.680. The van der Waals surface area contributed by atoms with Gasteiger partial charge in [-0.3, -0.25) is 0 Å². The lowest BCUT2D eigenvalue weighted by atomic mass is 10.0. The van der Waals surface area contributed by atoms with E-state index in [0.717, 1.165) is 12.0 Å². The molecule has 1 atom stereocenters. The first-order valence-corrected chi connectivity index (χ1v) is 6.25. The molecule has 0 aliphatic rings. The van der Waals surface area contributed by atoms with Gasteiger partial charge in [0.2, 0.25) is 0 Å². The highest BCUT2D eigenvalue weighted by Gasteiger charge is 2.13. The summed E-state index contributed by atoms with van der Waals surface area (Å²) in [4.78, 5) is 0. The fourth-order valence-electron chi connectivity index (χ4n) is 1.68. The summed E-state index contributed by atoms with van der Waals surface area (Å²) >= 11 is 6.06. The second-order valence-electron chi connectivity index (χ2n) is 3.90. The van der Waals surface area contributed by atoms with E-state index < -0.39 is 0 Å². The SMILES string of the molecule is CNC(CCOCCOC)c1cc(F)ccc1Cl. The van der Waals surface area contributed by atoms with Crippen LogP contribution in [0.15, 0.2) is 18.2 Å². The van der Waals surface area contributed by atoms with E-state index in [2.05, 4.69) is 5.32 Å². The monoisotopic (exact) mass is 275 g/mol. The minimum atomic E-state index is -0.282. The van der Waals surface area contributed by atoms with E-state index in [1.807, 2.05) is 7.05 Å². The third-order valence-electron chi connectivity index (χ3n) is 2.66. The van der Waals surface area contributed by atoms with Crippen LogP contribution in [-0.2, 0) is 9.47 Å². The molecule has 0 aromatic heterocycles. The summed E-state index contributed by atoms with van der Waals surface area (Å²) in [6.45, 7) is 1.70. The molecule has 0 amide bonds. The molecule has 0 saturated carbocycles. The zero-order chi connectivity index (χ0) is 13.4. The van der Waals surface area contributed by atoms with E-state index in [0.29, 0.717) is 24.8 Å². The average molecular weight is 276 g/mol. The van der Waals surface area contributed by atoms with E-state index in [4.69, 9.17) is 21.1 Å². The molecule has 0 spiro atoms. The molecule has 1 rings (SSSR count). The predicted molar refractivity (Wildman–Crippen MR) is 70.5 cm³/mol. The Kier molecular flexibility index (Phi) is 7.20. The molecule has 1 N–H and O–H groups in total. The quantitative estimate of drug-likeness (QED) is 0.740. The van der Waals surface area contributed by atoms with Crippen molar-refractivity contribution in [1.82, 2.24) is 5.32 Å². The van der Waals surface area contributed by atoms with Crippen molar-refractivity contribution in [2.45, 2.75) is 12.5 Å². The van der Waals surface area contributed by atoms with Gasteiger partial charge in [0.05, 0.1) is 13.2 Å². The Morgan fingerprint density at radius 1 is 1.33 bits per heavy atom. The van der Waals surface area contributed by atoms with Crippen molar-refractivity contribution in [3.05, 3.63) is 34.6 Å². The molecule has 0 heterocycles. The predicted octanol–water partition coefficient (Wildman–Crippen LogP) is 2.79. The molecular weight excluding hydrogens is 257 g/mol. The molecule has 1 aromatic carbocycles. The number of nitrogens with one attached hydrogen (secondary N) is 1. The molecule has 102 valence electrons. The molecule has 3 nitrogen and oxygen atoms in total. The van der Waals surface area contributed by atoms with Gasteiger partial charge in [-0.05, 0) is 37.2 Å². The molecule has 0 fully saturated rings. The van der Waals surface area contributed by atoms with Crippen molar-refractivity contribution in [1.29, 1.82) is 0 Å². The first-order valence-electron chi connectivity index (χ1n) is 5.88. The first kappa shape index (κ1) is 15.4. The van der Waals surface area contributed by atoms with Gasteiger partial charge in [0.15, 0.2) is 0 Å². The number of hydrogen-bond donors (Lipinski definition) is 1. The van der Waals surface area contributed by atoms with Gasteiger partial charge >= 0.3 is 0 Å². The van der Waals surface area contributed by atoms with Gasteiger partial charge < -0.3 is 14.8 Å². The summed E-state index contributed by atoms with van der Waals surface area (Å²) in [5, 5.41) is 3.68. The third kappa shape index (κ3) is 4.90. The Bertz CT molecular complexity index is 363. The summed E-state index contributed by atoms with van der Waals surface area (Å²) in [6.07, 6.45) is 0.726. The van der Waals surface area contributed by atoms with E-state index in [1.54, 1.807) is 13.2 Å². The summed E-state index contributed by atoms with van der Waals surface area (Å²) in [7, 11) is 3.45. The minimum absolute atomic E-state index is 0.0178. The maximum atomic E-state index is 13.2. The maximum Gasteiger partial charge on any atom is 0.123 e. The number of halogens is 2.